The lowest BCUT2D eigenvalue weighted by Crippen LogP contribution is -1.94. The molecule has 3 nitrogen and oxygen atoms in total. The van der Waals surface area contributed by atoms with Crippen molar-refractivity contribution >= 4 is 15.9 Å². The summed E-state index contributed by atoms with van der Waals surface area (Å²) in [5, 5.41) is 0. The van der Waals surface area contributed by atoms with Gasteiger partial charge in [0.2, 0.25) is 0 Å². The second-order valence-electron chi connectivity index (χ2n) is 4.42. The summed E-state index contributed by atoms with van der Waals surface area (Å²) in [4.78, 5) is 4.61. The Labute approximate surface area is 116 Å². The lowest BCUT2D eigenvalue weighted by Gasteiger charge is -2.11. The van der Waals surface area contributed by atoms with Crippen LogP contribution in [0.3, 0.4) is 0 Å². The third-order valence-corrected chi connectivity index (χ3v) is 4.37. The van der Waals surface area contributed by atoms with Gasteiger partial charge in [-0.05, 0) is 60.0 Å². The predicted octanol–water partition coefficient (Wildman–Crippen LogP) is 3.78. The standard InChI is InChI=1S/C14H17BrN2O/c1-8-9(2)12(18-5)7-6-11(8)13-14(15)17(4)10(3)16-13/h6-7H,1-5H3. The van der Waals surface area contributed by atoms with Crippen molar-refractivity contribution < 1.29 is 4.74 Å². The van der Waals surface area contributed by atoms with E-state index in [9.17, 15) is 0 Å². The van der Waals surface area contributed by atoms with Gasteiger partial charge in [-0.3, -0.25) is 0 Å². The van der Waals surface area contributed by atoms with Crippen LogP contribution in [-0.2, 0) is 7.05 Å². The highest BCUT2D eigenvalue weighted by atomic mass is 79.9. The van der Waals surface area contributed by atoms with Crippen LogP contribution in [0.1, 0.15) is 17.0 Å². The van der Waals surface area contributed by atoms with Crippen LogP contribution in [0, 0.1) is 20.8 Å². The molecule has 0 radical (unpaired) electrons. The summed E-state index contributed by atoms with van der Waals surface area (Å²) in [5.74, 6) is 1.91. The minimum absolute atomic E-state index is 0.917. The lowest BCUT2D eigenvalue weighted by molar-refractivity contribution is 0.411. The first-order chi connectivity index (χ1) is 8.47. The molecule has 1 heterocycles. The summed E-state index contributed by atoms with van der Waals surface area (Å²) >= 11 is 3.60. The van der Waals surface area contributed by atoms with Gasteiger partial charge >= 0.3 is 0 Å². The first-order valence-corrected chi connectivity index (χ1v) is 6.60. The summed E-state index contributed by atoms with van der Waals surface area (Å²) < 4.78 is 8.38. The van der Waals surface area contributed by atoms with Gasteiger partial charge in [0.15, 0.2) is 0 Å². The number of benzene rings is 1. The fraction of sp³-hybridized carbons (Fsp3) is 0.357. The molecule has 2 aromatic rings. The highest BCUT2D eigenvalue weighted by molar-refractivity contribution is 9.10. The molecule has 0 aliphatic heterocycles. The third kappa shape index (κ3) is 1.94. The van der Waals surface area contributed by atoms with Crippen molar-refractivity contribution in [2.75, 3.05) is 7.11 Å². The number of hydrogen-bond donors (Lipinski definition) is 0. The molecule has 0 spiro atoms. The van der Waals surface area contributed by atoms with E-state index in [1.165, 1.54) is 5.56 Å². The number of aromatic nitrogens is 2. The summed E-state index contributed by atoms with van der Waals surface area (Å²) in [6, 6.07) is 4.06. The Morgan fingerprint density at radius 1 is 1.17 bits per heavy atom. The minimum Gasteiger partial charge on any atom is -0.496 e. The quantitative estimate of drug-likeness (QED) is 0.844. The molecule has 0 atom stereocenters. The Balaban J connectivity index is 2.65. The van der Waals surface area contributed by atoms with Gasteiger partial charge in [0.25, 0.3) is 0 Å². The molecule has 0 N–H and O–H groups in total. The lowest BCUT2D eigenvalue weighted by atomic mass is 10.0. The number of aryl methyl sites for hydroxylation is 1. The van der Waals surface area contributed by atoms with Gasteiger partial charge in [0, 0.05) is 12.6 Å². The van der Waals surface area contributed by atoms with Crippen molar-refractivity contribution in [2.24, 2.45) is 7.05 Å². The average Bonchev–Trinajstić information content (AvgIpc) is 2.60. The molecule has 4 heteroatoms. The number of imidazole rings is 1. The fourth-order valence-electron chi connectivity index (χ4n) is 2.03. The molecule has 0 saturated carbocycles. The Morgan fingerprint density at radius 3 is 2.33 bits per heavy atom. The number of methoxy groups -OCH3 is 1. The van der Waals surface area contributed by atoms with Crippen molar-refractivity contribution in [2.45, 2.75) is 20.8 Å². The van der Waals surface area contributed by atoms with Gasteiger partial charge in [-0.1, -0.05) is 0 Å². The zero-order chi connectivity index (χ0) is 13.4. The van der Waals surface area contributed by atoms with Crippen LogP contribution in [0.15, 0.2) is 16.7 Å². The van der Waals surface area contributed by atoms with Crippen LogP contribution in [0.25, 0.3) is 11.3 Å². The molecule has 1 aromatic carbocycles. The van der Waals surface area contributed by atoms with E-state index < -0.39 is 0 Å². The number of ether oxygens (including phenoxy) is 1. The van der Waals surface area contributed by atoms with E-state index in [0.29, 0.717) is 0 Å². The highest BCUT2D eigenvalue weighted by Crippen LogP contribution is 2.34. The SMILES string of the molecule is COc1ccc(-c2nc(C)n(C)c2Br)c(C)c1C. The van der Waals surface area contributed by atoms with Gasteiger partial charge in [-0.2, -0.15) is 0 Å². The number of hydrogen-bond acceptors (Lipinski definition) is 2. The van der Waals surface area contributed by atoms with Crippen molar-refractivity contribution in [3.8, 4) is 17.0 Å². The first-order valence-electron chi connectivity index (χ1n) is 5.80. The van der Waals surface area contributed by atoms with Crippen LogP contribution in [-0.4, -0.2) is 16.7 Å². The molecule has 0 amide bonds. The number of halogens is 1. The summed E-state index contributed by atoms with van der Waals surface area (Å²) in [7, 11) is 3.70. The molecular formula is C14H17BrN2O. The number of nitrogens with zero attached hydrogens (tertiary/aromatic N) is 2. The molecule has 2 rings (SSSR count). The predicted molar refractivity (Wildman–Crippen MR) is 77.1 cm³/mol. The van der Waals surface area contributed by atoms with Crippen LogP contribution in [0.5, 0.6) is 5.75 Å². The maximum atomic E-state index is 5.34. The molecule has 1 aromatic heterocycles. The molecule has 0 bridgehead atoms. The molecule has 0 saturated heterocycles. The van der Waals surface area contributed by atoms with E-state index in [4.69, 9.17) is 4.74 Å². The van der Waals surface area contributed by atoms with Gasteiger partial charge in [0.05, 0.1) is 7.11 Å². The van der Waals surface area contributed by atoms with Crippen molar-refractivity contribution in [3.05, 3.63) is 33.7 Å². The van der Waals surface area contributed by atoms with E-state index in [-0.39, 0.29) is 0 Å². The Kier molecular flexibility index (Phi) is 3.48. The van der Waals surface area contributed by atoms with E-state index in [1.807, 2.05) is 24.6 Å². The molecule has 18 heavy (non-hydrogen) atoms. The number of rotatable bonds is 2. The zero-order valence-electron chi connectivity index (χ0n) is 11.3. The van der Waals surface area contributed by atoms with Crippen molar-refractivity contribution in [3.63, 3.8) is 0 Å². The van der Waals surface area contributed by atoms with Crippen molar-refractivity contribution in [1.82, 2.24) is 9.55 Å². The smallest absolute Gasteiger partial charge is 0.122 e. The summed E-state index contributed by atoms with van der Waals surface area (Å²) in [5.41, 5.74) is 4.49. The van der Waals surface area contributed by atoms with Gasteiger partial charge in [-0.15, -0.1) is 0 Å². The Morgan fingerprint density at radius 2 is 1.83 bits per heavy atom. The van der Waals surface area contributed by atoms with Gasteiger partial charge in [-0.25, -0.2) is 4.98 Å². The van der Waals surface area contributed by atoms with Gasteiger partial charge in [0.1, 0.15) is 21.9 Å². The maximum absolute atomic E-state index is 5.34. The van der Waals surface area contributed by atoms with Crippen LogP contribution in [0.2, 0.25) is 0 Å². The van der Waals surface area contributed by atoms with Crippen LogP contribution in [0.4, 0.5) is 0 Å². The molecule has 0 aliphatic carbocycles. The first kappa shape index (κ1) is 13.1. The molecule has 0 aliphatic rings. The van der Waals surface area contributed by atoms with Crippen molar-refractivity contribution in [1.29, 1.82) is 0 Å². The molecular weight excluding hydrogens is 292 g/mol. The largest absolute Gasteiger partial charge is 0.496 e. The normalized spacial score (nSPS) is 10.8. The Bertz CT molecular complexity index is 602. The van der Waals surface area contributed by atoms with Crippen LogP contribution >= 0.6 is 15.9 Å². The van der Waals surface area contributed by atoms with E-state index >= 15 is 0 Å². The Hall–Kier alpha value is -1.29. The van der Waals surface area contributed by atoms with Crippen LogP contribution < -0.4 is 4.74 Å². The van der Waals surface area contributed by atoms with E-state index in [2.05, 4.69) is 40.8 Å². The monoisotopic (exact) mass is 308 g/mol. The summed E-state index contributed by atoms with van der Waals surface area (Å²) in [6.45, 7) is 6.17. The maximum Gasteiger partial charge on any atom is 0.122 e. The van der Waals surface area contributed by atoms with E-state index in [0.717, 1.165) is 33.0 Å². The molecule has 96 valence electrons. The average molecular weight is 309 g/mol. The topological polar surface area (TPSA) is 27.1 Å². The van der Waals surface area contributed by atoms with E-state index in [1.54, 1.807) is 7.11 Å². The second kappa shape index (κ2) is 4.76. The zero-order valence-corrected chi connectivity index (χ0v) is 12.9. The minimum atomic E-state index is 0.917. The third-order valence-electron chi connectivity index (χ3n) is 3.46. The molecule has 0 unspecified atom stereocenters. The fourth-order valence-corrected chi connectivity index (χ4v) is 2.59. The second-order valence-corrected chi connectivity index (χ2v) is 5.17. The highest BCUT2D eigenvalue weighted by Gasteiger charge is 2.15. The molecule has 0 fully saturated rings. The van der Waals surface area contributed by atoms with Gasteiger partial charge < -0.3 is 9.30 Å². The summed E-state index contributed by atoms with van der Waals surface area (Å²) in [6.07, 6.45) is 0.